The molecule has 0 spiro atoms. The molecule has 0 atom stereocenters. The predicted octanol–water partition coefficient (Wildman–Crippen LogP) is 2.89. The molecule has 1 saturated heterocycles. The van der Waals surface area contributed by atoms with Gasteiger partial charge in [0.25, 0.3) is 0 Å². The van der Waals surface area contributed by atoms with Crippen molar-refractivity contribution in [2.75, 3.05) is 33.0 Å². The van der Waals surface area contributed by atoms with Gasteiger partial charge in [-0.25, -0.2) is 14.8 Å². The van der Waals surface area contributed by atoms with Crippen LogP contribution in [0, 0.1) is 5.92 Å². The molecule has 0 aliphatic carbocycles. The van der Waals surface area contributed by atoms with Crippen LogP contribution < -0.4 is 11.4 Å². The van der Waals surface area contributed by atoms with Crippen molar-refractivity contribution in [3.05, 3.63) is 16.2 Å². The maximum atomic E-state index is 12.4. The van der Waals surface area contributed by atoms with Gasteiger partial charge in [-0.15, -0.1) is 0 Å². The minimum atomic E-state index is -0.226. The number of hydrogen-bond donors (Lipinski definition) is 2. The number of likely N-dealkylation sites (tertiary alicyclic amines) is 1. The Balaban J connectivity index is 1.85. The SMILES string of the molecule is C=Nc1c(/C(N)=N\COCCCC)[nH]c(=O)n1CCCCN1CCC(CC)CC1. The van der Waals surface area contributed by atoms with Crippen LogP contribution in [0.15, 0.2) is 14.8 Å². The minimum Gasteiger partial charge on any atom is -0.382 e. The Morgan fingerprint density at radius 1 is 1.24 bits per heavy atom. The molecule has 1 fully saturated rings. The molecule has 0 amide bonds. The fourth-order valence-electron chi connectivity index (χ4n) is 3.74. The Bertz CT molecular complexity index is 701. The Kier molecular flexibility index (Phi) is 10.1. The van der Waals surface area contributed by atoms with Crippen molar-refractivity contribution < 1.29 is 4.74 Å². The highest BCUT2D eigenvalue weighted by Gasteiger charge is 2.18. The number of ether oxygens (including phenoxy) is 1. The number of piperidine rings is 1. The van der Waals surface area contributed by atoms with Gasteiger partial charge in [0.05, 0.1) is 0 Å². The molecule has 8 nitrogen and oxygen atoms in total. The van der Waals surface area contributed by atoms with Crippen molar-refractivity contribution >= 4 is 18.4 Å². The van der Waals surface area contributed by atoms with Gasteiger partial charge in [-0.05, 0) is 64.4 Å². The molecular formula is C21H38N6O2. The lowest BCUT2D eigenvalue weighted by Gasteiger charge is -2.31. The number of rotatable bonds is 13. The van der Waals surface area contributed by atoms with E-state index in [-0.39, 0.29) is 18.3 Å². The summed E-state index contributed by atoms with van der Waals surface area (Å²) in [7, 11) is 0. The highest BCUT2D eigenvalue weighted by molar-refractivity contribution is 5.99. The van der Waals surface area contributed by atoms with E-state index in [0.29, 0.717) is 24.7 Å². The van der Waals surface area contributed by atoms with E-state index < -0.39 is 0 Å². The summed E-state index contributed by atoms with van der Waals surface area (Å²) >= 11 is 0. The number of imidazole rings is 1. The van der Waals surface area contributed by atoms with E-state index in [4.69, 9.17) is 10.5 Å². The number of aromatic nitrogens is 2. The number of nitrogens with one attached hydrogen (secondary N) is 1. The highest BCUT2D eigenvalue weighted by atomic mass is 16.5. The van der Waals surface area contributed by atoms with Crippen molar-refractivity contribution in [3.63, 3.8) is 0 Å². The lowest BCUT2D eigenvalue weighted by molar-refractivity contribution is 0.139. The summed E-state index contributed by atoms with van der Waals surface area (Å²) < 4.78 is 7.01. The van der Waals surface area contributed by atoms with Crippen molar-refractivity contribution in [2.24, 2.45) is 21.6 Å². The quantitative estimate of drug-likeness (QED) is 0.299. The second kappa shape index (κ2) is 12.6. The minimum absolute atomic E-state index is 0.171. The monoisotopic (exact) mass is 406 g/mol. The average Bonchev–Trinajstić information content (AvgIpc) is 3.06. The fourth-order valence-corrected chi connectivity index (χ4v) is 3.74. The molecule has 29 heavy (non-hydrogen) atoms. The van der Waals surface area contributed by atoms with E-state index in [0.717, 1.165) is 38.1 Å². The first-order valence-electron chi connectivity index (χ1n) is 11.0. The van der Waals surface area contributed by atoms with Crippen molar-refractivity contribution in [2.45, 2.75) is 65.3 Å². The van der Waals surface area contributed by atoms with Crippen LogP contribution in [0.3, 0.4) is 0 Å². The Labute approximate surface area is 174 Å². The van der Waals surface area contributed by atoms with Crippen molar-refractivity contribution in [1.29, 1.82) is 0 Å². The molecular weight excluding hydrogens is 368 g/mol. The van der Waals surface area contributed by atoms with Gasteiger partial charge in [-0.2, -0.15) is 0 Å². The number of unbranched alkanes of at least 4 members (excludes halogenated alkanes) is 2. The number of H-pyrrole nitrogens is 1. The van der Waals surface area contributed by atoms with E-state index in [1.54, 1.807) is 4.57 Å². The summed E-state index contributed by atoms with van der Waals surface area (Å²) in [6.45, 7) is 12.9. The fraction of sp³-hybridized carbons (Fsp3) is 0.762. The van der Waals surface area contributed by atoms with E-state index in [1.807, 2.05) is 0 Å². The van der Waals surface area contributed by atoms with E-state index in [2.05, 4.69) is 40.4 Å². The normalized spacial score (nSPS) is 16.4. The second-order valence-electron chi connectivity index (χ2n) is 7.77. The lowest BCUT2D eigenvalue weighted by Crippen LogP contribution is -2.34. The largest absolute Gasteiger partial charge is 0.382 e. The van der Waals surface area contributed by atoms with E-state index in [9.17, 15) is 4.79 Å². The Morgan fingerprint density at radius 3 is 2.62 bits per heavy atom. The molecule has 0 saturated carbocycles. The van der Waals surface area contributed by atoms with Gasteiger partial charge >= 0.3 is 5.69 Å². The molecule has 0 aromatic carbocycles. The maximum Gasteiger partial charge on any atom is 0.327 e. The first-order chi connectivity index (χ1) is 14.1. The van der Waals surface area contributed by atoms with Gasteiger partial charge in [0.1, 0.15) is 18.3 Å². The van der Waals surface area contributed by atoms with Gasteiger partial charge in [-0.1, -0.05) is 26.7 Å². The third kappa shape index (κ3) is 7.12. The van der Waals surface area contributed by atoms with Crippen molar-refractivity contribution in [3.8, 4) is 0 Å². The van der Waals surface area contributed by atoms with Crippen LogP contribution in [0.5, 0.6) is 0 Å². The summed E-state index contributed by atoms with van der Waals surface area (Å²) in [5.74, 6) is 1.57. The summed E-state index contributed by atoms with van der Waals surface area (Å²) in [5, 5.41) is 0. The third-order valence-electron chi connectivity index (χ3n) is 5.72. The molecule has 1 aromatic rings. The lowest BCUT2D eigenvalue weighted by atomic mass is 9.94. The average molecular weight is 407 g/mol. The maximum absolute atomic E-state index is 12.4. The molecule has 8 heteroatoms. The summed E-state index contributed by atoms with van der Waals surface area (Å²) in [4.78, 5) is 25.9. The highest BCUT2D eigenvalue weighted by Crippen LogP contribution is 2.20. The van der Waals surface area contributed by atoms with Crippen LogP contribution in [0.25, 0.3) is 0 Å². The summed E-state index contributed by atoms with van der Waals surface area (Å²) in [6, 6.07) is 0. The number of aliphatic imine (C=N–C) groups is 2. The molecule has 2 rings (SSSR count). The van der Waals surface area contributed by atoms with Crippen LogP contribution in [0.1, 0.15) is 64.5 Å². The molecule has 1 aliphatic heterocycles. The second-order valence-corrected chi connectivity index (χ2v) is 7.77. The molecule has 1 aliphatic rings. The van der Waals surface area contributed by atoms with Gasteiger partial charge in [0.2, 0.25) is 0 Å². The Hall–Kier alpha value is -1.93. The molecule has 164 valence electrons. The van der Waals surface area contributed by atoms with Crippen LogP contribution >= 0.6 is 0 Å². The van der Waals surface area contributed by atoms with Crippen LogP contribution in [-0.4, -0.2) is 60.0 Å². The zero-order valence-corrected chi connectivity index (χ0v) is 18.2. The molecule has 2 heterocycles. The first-order valence-corrected chi connectivity index (χ1v) is 11.0. The number of aromatic amines is 1. The third-order valence-corrected chi connectivity index (χ3v) is 5.72. The zero-order chi connectivity index (χ0) is 21.1. The van der Waals surface area contributed by atoms with E-state index >= 15 is 0 Å². The molecule has 0 radical (unpaired) electrons. The number of nitrogens with zero attached hydrogens (tertiary/aromatic N) is 4. The summed E-state index contributed by atoms with van der Waals surface area (Å²) in [6.07, 6.45) is 7.92. The molecule has 3 N–H and O–H groups in total. The van der Waals surface area contributed by atoms with Gasteiger partial charge in [-0.3, -0.25) is 4.57 Å². The predicted molar refractivity (Wildman–Crippen MR) is 119 cm³/mol. The van der Waals surface area contributed by atoms with Crippen LogP contribution in [-0.2, 0) is 11.3 Å². The van der Waals surface area contributed by atoms with Crippen LogP contribution in [0.4, 0.5) is 5.82 Å². The molecule has 1 aromatic heterocycles. The summed E-state index contributed by atoms with van der Waals surface area (Å²) in [5.41, 5.74) is 6.23. The smallest absolute Gasteiger partial charge is 0.327 e. The standard InChI is InChI=1S/C21H38N6O2/c1-4-6-15-29-16-24-19(22)18-20(23-3)27(21(28)25-18)12-8-7-11-26-13-9-17(5-2)10-14-26/h17H,3-16H2,1-2H3,(H2,22,24)(H,25,28). The van der Waals surface area contributed by atoms with Crippen molar-refractivity contribution in [1.82, 2.24) is 14.5 Å². The van der Waals surface area contributed by atoms with Gasteiger partial charge < -0.3 is 20.4 Å². The topological polar surface area (TPSA) is 101 Å². The zero-order valence-electron chi connectivity index (χ0n) is 18.2. The number of nitrogens with two attached hydrogens (primary N) is 1. The van der Waals surface area contributed by atoms with E-state index in [1.165, 1.54) is 32.4 Å². The van der Waals surface area contributed by atoms with Crippen LogP contribution in [0.2, 0.25) is 0 Å². The molecule has 0 unspecified atom stereocenters. The molecule has 0 bridgehead atoms. The number of amidine groups is 1. The Morgan fingerprint density at radius 2 is 1.97 bits per heavy atom. The first kappa shape index (κ1) is 23.3. The number of hydrogen-bond acceptors (Lipinski definition) is 5. The van der Waals surface area contributed by atoms with Gasteiger partial charge in [0, 0.05) is 13.2 Å². The van der Waals surface area contributed by atoms with Gasteiger partial charge in [0.15, 0.2) is 5.82 Å².